The molecular weight excluding hydrogens is 279 g/mol. The van der Waals surface area contributed by atoms with Crippen molar-refractivity contribution in [2.45, 2.75) is 39.5 Å². The molecular formula is C14H23FN2O2S. The van der Waals surface area contributed by atoms with Gasteiger partial charge in [-0.05, 0) is 30.4 Å². The summed E-state index contributed by atoms with van der Waals surface area (Å²) in [6, 6.07) is 2.28. The van der Waals surface area contributed by atoms with E-state index in [-0.39, 0.29) is 28.1 Å². The molecule has 1 aromatic carbocycles. The van der Waals surface area contributed by atoms with Gasteiger partial charge < -0.3 is 5.73 Å². The average Bonchev–Trinajstić information content (AvgIpc) is 2.33. The second-order valence-corrected chi connectivity index (χ2v) is 7.85. The topological polar surface area (TPSA) is 72.2 Å². The zero-order valence-corrected chi connectivity index (χ0v) is 13.4. The van der Waals surface area contributed by atoms with Gasteiger partial charge in [0, 0.05) is 17.8 Å². The molecule has 4 nitrogen and oxygen atoms in total. The Bertz CT molecular complexity index is 572. The minimum Gasteiger partial charge on any atom is -0.398 e. The first-order valence-electron chi connectivity index (χ1n) is 6.52. The summed E-state index contributed by atoms with van der Waals surface area (Å²) in [5.74, 6) is -0.307. The van der Waals surface area contributed by atoms with Crippen LogP contribution >= 0.6 is 0 Å². The predicted molar refractivity (Wildman–Crippen MR) is 79.4 cm³/mol. The minimum atomic E-state index is -3.76. The largest absolute Gasteiger partial charge is 0.398 e. The van der Waals surface area contributed by atoms with E-state index in [1.807, 2.05) is 27.7 Å². The molecule has 1 rings (SSSR count). The van der Waals surface area contributed by atoms with Gasteiger partial charge in [-0.15, -0.1) is 0 Å². The van der Waals surface area contributed by atoms with Crippen LogP contribution in [-0.2, 0) is 10.0 Å². The Morgan fingerprint density at radius 2 is 1.90 bits per heavy atom. The Balaban J connectivity index is 3.01. The zero-order valence-electron chi connectivity index (χ0n) is 12.6. The first-order valence-corrected chi connectivity index (χ1v) is 8.01. The van der Waals surface area contributed by atoms with Gasteiger partial charge in [0.15, 0.2) is 0 Å². The number of halogens is 1. The van der Waals surface area contributed by atoms with Gasteiger partial charge in [-0.3, -0.25) is 0 Å². The van der Waals surface area contributed by atoms with Crippen molar-refractivity contribution < 1.29 is 12.8 Å². The Labute approximate surface area is 120 Å². The van der Waals surface area contributed by atoms with E-state index in [0.717, 1.165) is 6.07 Å². The molecule has 0 aliphatic carbocycles. The molecule has 1 aromatic rings. The van der Waals surface area contributed by atoms with Crippen molar-refractivity contribution >= 4 is 15.7 Å². The van der Waals surface area contributed by atoms with Crippen LogP contribution in [0.3, 0.4) is 0 Å². The highest BCUT2D eigenvalue weighted by Gasteiger charge is 2.26. The minimum absolute atomic E-state index is 0.133. The summed E-state index contributed by atoms with van der Waals surface area (Å²) >= 11 is 0. The van der Waals surface area contributed by atoms with Crippen molar-refractivity contribution in [3.05, 3.63) is 23.5 Å². The number of sulfonamides is 1. The lowest BCUT2D eigenvalue weighted by atomic mass is 9.81. The van der Waals surface area contributed by atoms with Gasteiger partial charge in [-0.1, -0.05) is 27.7 Å². The number of hydrogen-bond acceptors (Lipinski definition) is 3. The molecule has 0 spiro atoms. The van der Waals surface area contributed by atoms with Crippen molar-refractivity contribution in [1.82, 2.24) is 4.72 Å². The first kappa shape index (κ1) is 16.9. The van der Waals surface area contributed by atoms with Gasteiger partial charge >= 0.3 is 0 Å². The normalized spacial score (nSPS) is 12.9. The van der Waals surface area contributed by atoms with E-state index in [1.165, 1.54) is 13.0 Å². The Morgan fingerprint density at radius 3 is 2.35 bits per heavy atom. The van der Waals surface area contributed by atoms with Crippen LogP contribution in [-0.4, -0.2) is 15.0 Å². The number of rotatable bonds is 5. The molecule has 0 saturated carbocycles. The standard InChI is InChI=1S/C14H23FN2O2S/c1-9(2)14(4,5)8-17-20(18,19)11-6-12(15)10(3)13(16)7-11/h6-7,9,17H,8,16H2,1-5H3. The van der Waals surface area contributed by atoms with Gasteiger partial charge in [0.25, 0.3) is 0 Å². The number of nitrogens with two attached hydrogens (primary N) is 1. The van der Waals surface area contributed by atoms with Crippen molar-refractivity contribution in [3.8, 4) is 0 Å². The number of hydrogen-bond donors (Lipinski definition) is 2. The summed E-state index contributed by atoms with van der Waals surface area (Å²) in [7, 11) is -3.76. The van der Waals surface area contributed by atoms with E-state index in [4.69, 9.17) is 5.73 Å². The third kappa shape index (κ3) is 3.70. The molecule has 0 saturated heterocycles. The van der Waals surface area contributed by atoms with Crippen molar-refractivity contribution in [2.24, 2.45) is 11.3 Å². The molecule has 0 atom stereocenters. The molecule has 0 aliphatic heterocycles. The SMILES string of the molecule is Cc1c(N)cc(S(=O)(=O)NCC(C)(C)C(C)C)cc1F. The maximum Gasteiger partial charge on any atom is 0.240 e. The molecule has 0 bridgehead atoms. The molecule has 0 heterocycles. The lowest BCUT2D eigenvalue weighted by Crippen LogP contribution is -2.37. The number of nitrogen functional groups attached to an aromatic ring is 1. The van der Waals surface area contributed by atoms with E-state index in [1.54, 1.807) is 0 Å². The van der Waals surface area contributed by atoms with Crippen LogP contribution in [0, 0.1) is 24.1 Å². The van der Waals surface area contributed by atoms with Crippen LogP contribution in [0.15, 0.2) is 17.0 Å². The van der Waals surface area contributed by atoms with Crippen LogP contribution in [0.25, 0.3) is 0 Å². The van der Waals surface area contributed by atoms with Crippen molar-refractivity contribution in [3.63, 3.8) is 0 Å². The van der Waals surface area contributed by atoms with Crippen LogP contribution in [0.1, 0.15) is 33.3 Å². The van der Waals surface area contributed by atoms with Gasteiger partial charge in [0.2, 0.25) is 10.0 Å². The maximum absolute atomic E-state index is 13.6. The third-order valence-corrected chi connectivity index (χ3v) is 5.33. The number of anilines is 1. The second kappa shape index (κ2) is 5.69. The lowest BCUT2D eigenvalue weighted by Gasteiger charge is -2.29. The highest BCUT2D eigenvalue weighted by Crippen LogP contribution is 2.26. The van der Waals surface area contributed by atoms with E-state index in [2.05, 4.69) is 4.72 Å². The fourth-order valence-electron chi connectivity index (χ4n) is 1.40. The van der Waals surface area contributed by atoms with Crippen LogP contribution in [0.2, 0.25) is 0 Å². The van der Waals surface area contributed by atoms with Gasteiger partial charge in [-0.25, -0.2) is 17.5 Å². The molecule has 0 amide bonds. The zero-order chi connectivity index (χ0) is 15.7. The molecule has 114 valence electrons. The van der Waals surface area contributed by atoms with Gasteiger partial charge in [0.05, 0.1) is 4.90 Å². The smallest absolute Gasteiger partial charge is 0.240 e. The van der Waals surface area contributed by atoms with Crippen LogP contribution in [0.4, 0.5) is 10.1 Å². The van der Waals surface area contributed by atoms with Gasteiger partial charge in [-0.2, -0.15) is 0 Å². The average molecular weight is 302 g/mol. The summed E-state index contributed by atoms with van der Waals surface area (Å²) < 4.78 is 40.5. The molecule has 0 unspecified atom stereocenters. The molecule has 0 aromatic heterocycles. The molecule has 0 aliphatic rings. The molecule has 0 fully saturated rings. The third-order valence-electron chi connectivity index (χ3n) is 3.95. The molecule has 0 radical (unpaired) electrons. The maximum atomic E-state index is 13.6. The van der Waals surface area contributed by atoms with E-state index in [0.29, 0.717) is 5.92 Å². The highest BCUT2D eigenvalue weighted by molar-refractivity contribution is 7.89. The molecule has 3 N–H and O–H groups in total. The number of nitrogens with one attached hydrogen (secondary N) is 1. The molecule has 6 heteroatoms. The molecule has 20 heavy (non-hydrogen) atoms. The Morgan fingerprint density at radius 1 is 1.35 bits per heavy atom. The van der Waals surface area contributed by atoms with Crippen molar-refractivity contribution in [2.75, 3.05) is 12.3 Å². The summed E-state index contributed by atoms with van der Waals surface area (Å²) in [5, 5.41) is 0. The summed E-state index contributed by atoms with van der Waals surface area (Å²) in [5.41, 5.74) is 5.81. The fourth-order valence-corrected chi connectivity index (χ4v) is 2.67. The summed E-state index contributed by atoms with van der Waals surface area (Å²) in [6.07, 6.45) is 0. The monoisotopic (exact) mass is 302 g/mol. The van der Waals surface area contributed by atoms with Crippen molar-refractivity contribution in [1.29, 1.82) is 0 Å². The Hall–Kier alpha value is -1.14. The van der Waals surface area contributed by atoms with E-state index >= 15 is 0 Å². The quantitative estimate of drug-likeness (QED) is 0.821. The van der Waals surface area contributed by atoms with E-state index < -0.39 is 15.8 Å². The van der Waals surface area contributed by atoms with Gasteiger partial charge in [0.1, 0.15) is 5.82 Å². The second-order valence-electron chi connectivity index (χ2n) is 6.09. The first-order chi connectivity index (χ1) is 8.97. The fraction of sp³-hybridized carbons (Fsp3) is 0.571. The number of benzene rings is 1. The van der Waals surface area contributed by atoms with E-state index in [9.17, 15) is 12.8 Å². The summed E-state index contributed by atoms with van der Waals surface area (Å²) in [4.78, 5) is -0.141. The highest BCUT2D eigenvalue weighted by atomic mass is 32.2. The lowest BCUT2D eigenvalue weighted by molar-refractivity contribution is 0.252. The van der Waals surface area contributed by atoms with Crippen LogP contribution in [0.5, 0.6) is 0 Å². The predicted octanol–water partition coefficient (Wildman–Crippen LogP) is 2.68. The Kier molecular flexibility index (Phi) is 4.82. The summed E-state index contributed by atoms with van der Waals surface area (Å²) in [6.45, 7) is 9.79. The van der Waals surface area contributed by atoms with Crippen LogP contribution < -0.4 is 10.5 Å².